The van der Waals surface area contributed by atoms with Crippen LogP contribution in [0.2, 0.25) is 5.02 Å². The van der Waals surface area contributed by atoms with Crippen LogP contribution in [-0.4, -0.2) is 35.6 Å². The van der Waals surface area contributed by atoms with E-state index in [1.54, 1.807) is 60.2 Å². The normalized spacial score (nSPS) is 19.3. The van der Waals surface area contributed by atoms with Crippen LogP contribution in [0.4, 0.5) is 5.69 Å². The molecule has 26 heavy (non-hydrogen) atoms. The Hall–Kier alpha value is -2.18. The number of methoxy groups -OCH3 is 1. The number of nitrogens with one attached hydrogen (secondary N) is 1. The zero-order valence-electron chi connectivity index (χ0n) is 14.4. The molecule has 0 radical (unpaired) electrons. The van der Waals surface area contributed by atoms with Crippen molar-refractivity contribution in [2.75, 3.05) is 18.2 Å². The van der Waals surface area contributed by atoms with Gasteiger partial charge in [-0.3, -0.25) is 9.59 Å². The smallest absolute Gasteiger partial charge is 0.248 e. The SMILES string of the molecule is COc1ccc(NC(=O)C2CSC(c3ccc(Cl)cc3)N2C(C)=O)cc1. The molecule has 1 aliphatic rings. The molecule has 0 saturated carbocycles. The second kappa shape index (κ2) is 8.01. The van der Waals surface area contributed by atoms with Gasteiger partial charge in [0.25, 0.3) is 0 Å². The minimum absolute atomic E-state index is 0.134. The molecule has 1 saturated heterocycles. The van der Waals surface area contributed by atoms with Gasteiger partial charge in [0.15, 0.2) is 0 Å². The summed E-state index contributed by atoms with van der Waals surface area (Å²) in [5.41, 5.74) is 1.62. The Morgan fingerprint density at radius 3 is 2.38 bits per heavy atom. The number of halogens is 1. The number of anilines is 1. The van der Waals surface area contributed by atoms with E-state index in [1.165, 1.54) is 6.92 Å². The summed E-state index contributed by atoms with van der Waals surface area (Å²) in [4.78, 5) is 26.6. The van der Waals surface area contributed by atoms with Crippen LogP contribution in [0.3, 0.4) is 0 Å². The number of benzene rings is 2. The highest BCUT2D eigenvalue weighted by Crippen LogP contribution is 2.41. The van der Waals surface area contributed by atoms with E-state index in [0.717, 1.165) is 5.56 Å². The number of hydrogen-bond acceptors (Lipinski definition) is 4. The zero-order chi connectivity index (χ0) is 18.7. The van der Waals surface area contributed by atoms with Crippen LogP contribution in [-0.2, 0) is 9.59 Å². The van der Waals surface area contributed by atoms with Crippen molar-refractivity contribution in [2.45, 2.75) is 18.3 Å². The molecule has 1 aliphatic heterocycles. The number of nitrogens with zero attached hydrogens (tertiary/aromatic N) is 1. The first-order valence-corrected chi connectivity index (χ1v) is 9.53. The molecule has 2 amide bonds. The Bertz CT molecular complexity index is 795. The molecule has 136 valence electrons. The molecule has 1 N–H and O–H groups in total. The number of ether oxygens (including phenoxy) is 1. The first kappa shape index (κ1) is 18.6. The van der Waals surface area contributed by atoms with Crippen LogP contribution in [0.15, 0.2) is 48.5 Å². The molecular weight excluding hydrogens is 372 g/mol. The molecule has 7 heteroatoms. The van der Waals surface area contributed by atoms with Crippen molar-refractivity contribution in [3.05, 3.63) is 59.1 Å². The van der Waals surface area contributed by atoms with Gasteiger partial charge in [0.1, 0.15) is 17.2 Å². The van der Waals surface area contributed by atoms with Gasteiger partial charge in [-0.15, -0.1) is 11.8 Å². The van der Waals surface area contributed by atoms with E-state index < -0.39 is 6.04 Å². The third kappa shape index (κ3) is 3.97. The Morgan fingerprint density at radius 2 is 1.81 bits per heavy atom. The Labute approximate surface area is 161 Å². The number of amides is 2. The molecule has 3 rings (SSSR count). The van der Waals surface area contributed by atoms with Gasteiger partial charge < -0.3 is 15.0 Å². The third-order valence-electron chi connectivity index (χ3n) is 4.18. The summed E-state index contributed by atoms with van der Waals surface area (Å²) in [5.74, 6) is 0.918. The van der Waals surface area contributed by atoms with E-state index in [-0.39, 0.29) is 17.2 Å². The van der Waals surface area contributed by atoms with Gasteiger partial charge in [-0.1, -0.05) is 23.7 Å². The number of carbonyl (C=O) groups is 2. The largest absolute Gasteiger partial charge is 0.497 e. The second-order valence-electron chi connectivity index (χ2n) is 5.90. The molecule has 1 heterocycles. The van der Waals surface area contributed by atoms with Gasteiger partial charge in [0, 0.05) is 23.4 Å². The number of rotatable bonds is 4. The maximum absolute atomic E-state index is 12.7. The molecule has 2 unspecified atom stereocenters. The second-order valence-corrected chi connectivity index (χ2v) is 7.45. The predicted molar refractivity (Wildman–Crippen MR) is 105 cm³/mol. The molecule has 0 aliphatic carbocycles. The van der Waals surface area contributed by atoms with Gasteiger partial charge >= 0.3 is 0 Å². The number of carbonyl (C=O) groups excluding carboxylic acids is 2. The van der Waals surface area contributed by atoms with Crippen molar-refractivity contribution in [1.29, 1.82) is 0 Å². The minimum Gasteiger partial charge on any atom is -0.497 e. The predicted octanol–water partition coefficient (Wildman–Crippen LogP) is 3.95. The molecule has 5 nitrogen and oxygen atoms in total. The fraction of sp³-hybridized carbons (Fsp3) is 0.263. The fourth-order valence-corrected chi connectivity index (χ4v) is 4.49. The zero-order valence-corrected chi connectivity index (χ0v) is 16.0. The maximum atomic E-state index is 12.7. The first-order chi connectivity index (χ1) is 12.5. The minimum atomic E-state index is -0.528. The monoisotopic (exact) mass is 390 g/mol. The summed E-state index contributed by atoms with van der Waals surface area (Å²) >= 11 is 7.52. The van der Waals surface area contributed by atoms with E-state index >= 15 is 0 Å². The van der Waals surface area contributed by atoms with Crippen molar-refractivity contribution in [3.8, 4) is 5.75 Å². The molecule has 2 aromatic rings. The van der Waals surface area contributed by atoms with Crippen LogP contribution < -0.4 is 10.1 Å². The summed E-state index contributed by atoms with van der Waals surface area (Å²) in [6.45, 7) is 1.49. The topological polar surface area (TPSA) is 58.6 Å². The van der Waals surface area contributed by atoms with Crippen molar-refractivity contribution in [3.63, 3.8) is 0 Å². The summed E-state index contributed by atoms with van der Waals surface area (Å²) in [6, 6.07) is 13.9. The third-order valence-corrected chi connectivity index (χ3v) is 5.75. The molecule has 2 aromatic carbocycles. The highest BCUT2D eigenvalue weighted by Gasteiger charge is 2.40. The molecule has 0 bridgehead atoms. The Kier molecular flexibility index (Phi) is 5.74. The molecular formula is C19H19ClN2O3S. The summed E-state index contributed by atoms with van der Waals surface area (Å²) in [6.07, 6.45) is 0. The Morgan fingerprint density at radius 1 is 1.15 bits per heavy atom. The van der Waals surface area contributed by atoms with E-state index in [1.807, 2.05) is 12.1 Å². The van der Waals surface area contributed by atoms with Crippen LogP contribution in [0.25, 0.3) is 0 Å². The van der Waals surface area contributed by atoms with Crippen LogP contribution in [0, 0.1) is 0 Å². The average Bonchev–Trinajstić information content (AvgIpc) is 3.08. The van der Waals surface area contributed by atoms with E-state index in [0.29, 0.717) is 22.2 Å². The van der Waals surface area contributed by atoms with E-state index in [2.05, 4.69) is 5.32 Å². The van der Waals surface area contributed by atoms with Gasteiger partial charge in [-0.05, 0) is 42.0 Å². The fourth-order valence-electron chi connectivity index (χ4n) is 2.88. The average molecular weight is 391 g/mol. The first-order valence-electron chi connectivity index (χ1n) is 8.10. The maximum Gasteiger partial charge on any atom is 0.248 e. The van der Waals surface area contributed by atoms with Gasteiger partial charge in [0.2, 0.25) is 11.8 Å². The van der Waals surface area contributed by atoms with Crippen molar-refractivity contribution in [2.24, 2.45) is 0 Å². The van der Waals surface area contributed by atoms with Crippen LogP contribution in [0.5, 0.6) is 5.75 Å². The lowest BCUT2D eigenvalue weighted by Crippen LogP contribution is -2.44. The summed E-state index contributed by atoms with van der Waals surface area (Å²) in [5, 5.41) is 3.32. The number of hydrogen-bond donors (Lipinski definition) is 1. The van der Waals surface area contributed by atoms with Crippen molar-refractivity contribution < 1.29 is 14.3 Å². The van der Waals surface area contributed by atoms with Crippen LogP contribution in [0.1, 0.15) is 17.9 Å². The van der Waals surface area contributed by atoms with Crippen molar-refractivity contribution in [1.82, 2.24) is 4.90 Å². The highest BCUT2D eigenvalue weighted by atomic mass is 35.5. The summed E-state index contributed by atoms with van der Waals surface area (Å²) < 4.78 is 5.12. The van der Waals surface area contributed by atoms with Crippen molar-refractivity contribution >= 4 is 40.9 Å². The Balaban J connectivity index is 1.76. The van der Waals surface area contributed by atoms with E-state index in [4.69, 9.17) is 16.3 Å². The van der Waals surface area contributed by atoms with Gasteiger partial charge in [-0.25, -0.2) is 0 Å². The van der Waals surface area contributed by atoms with Gasteiger partial charge in [-0.2, -0.15) is 0 Å². The quantitative estimate of drug-likeness (QED) is 0.858. The lowest BCUT2D eigenvalue weighted by Gasteiger charge is -2.28. The molecule has 0 aromatic heterocycles. The lowest BCUT2D eigenvalue weighted by atomic mass is 10.1. The van der Waals surface area contributed by atoms with Crippen LogP contribution >= 0.6 is 23.4 Å². The highest BCUT2D eigenvalue weighted by molar-refractivity contribution is 7.99. The molecule has 0 spiro atoms. The van der Waals surface area contributed by atoms with E-state index in [9.17, 15) is 9.59 Å². The summed E-state index contributed by atoms with van der Waals surface area (Å²) in [7, 11) is 1.59. The number of thioether (sulfide) groups is 1. The van der Waals surface area contributed by atoms with Gasteiger partial charge in [0.05, 0.1) is 7.11 Å². The molecule has 2 atom stereocenters. The lowest BCUT2D eigenvalue weighted by molar-refractivity contribution is -0.136. The standard InChI is InChI=1S/C19H19ClN2O3S/c1-12(23)22-17(11-26-19(22)13-3-5-14(20)6-4-13)18(24)21-15-7-9-16(25-2)10-8-15/h3-10,17,19H,11H2,1-2H3,(H,21,24). The molecule has 1 fully saturated rings.